The largest absolute Gasteiger partial charge is 0.247 e. The molecule has 0 bridgehead atoms. The van der Waals surface area contributed by atoms with Crippen molar-refractivity contribution < 1.29 is 0 Å². The van der Waals surface area contributed by atoms with E-state index in [0.717, 1.165) is 18.4 Å². The van der Waals surface area contributed by atoms with Crippen LogP contribution in [0.3, 0.4) is 0 Å². The van der Waals surface area contributed by atoms with Crippen molar-refractivity contribution in [3.8, 4) is 11.3 Å². The summed E-state index contributed by atoms with van der Waals surface area (Å²) in [5, 5.41) is 1.25. The third kappa shape index (κ3) is 1.74. The average Bonchev–Trinajstić information content (AvgIpc) is 2.64. The van der Waals surface area contributed by atoms with Gasteiger partial charge in [-0.05, 0) is 42.5 Å². The van der Waals surface area contributed by atoms with Crippen molar-refractivity contribution in [3.63, 3.8) is 0 Å². The fraction of sp³-hybridized carbons (Fsp3) is 0.167. The Kier molecular flexibility index (Phi) is 2.37. The Morgan fingerprint density at radius 3 is 2.58 bits per heavy atom. The molecule has 4 rings (SSSR count). The quantitative estimate of drug-likeness (QED) is 0.572. The van der Waals surface area contributed by atoms with Gasteiger partial charge in [-0.25, -0.2) is 4.98 Å². The number of hydrogen-bond acceptors (Lipinski definition) is 1. The number of aromatic nitrogens is 1. The van der Waals surface area contributed by atoms with Gasteiger partial charge in [-0.15, -0.1) is 0 Å². The monoisotopic (exact) mass is 245 g/mol. The molecule has 1 heteroatoms. The van der Waals surface area contributed by atoms with Crippen LogP contribution in [-0.4, -0.2) is 4.98 Å². The van der Waals surface area contributed by atoms with Gasteiger partial charge < -0.3 is 0 Å². The Morgan fingerprint density at radius 1 is 0.789 bits per heavy atom. The van der Waals surface area contributed by atoms with E-state index in [1.54, 1.807) is 0 Å². The molecule has 0 saturated heterocycles. The predicted molar refractivity (Wildman–Crippen MR) is 79.2 cm³/mol. The summed E-state index contributed by atoms with van der Waals surface area (Å²) in [7, 11) is 0. The summed E-state index contributed by atoms with van der Waals surface area (Å²) in [5.41, 5.74) is 6.43. The predicted octanol–water partition coefficient (Wildman–Crippen LogP) is 4.39. The molecule has 0 N–H and O–H groups in total. The van der Waals surface area contributed by atoms with E-state index in [9.17, 15) is 0 Å². The summed E-state index contributed by atoms with van der Waals surface area (Å²) in [4.78, 5) is 4.92. The van der Waals surface area contributed by atoms with Crippen molar-refractivity contribution in [1.82, 2.24) is 4.98 Å². The lowest BCUT2D eigenvalue weighted by Crippen LogP contribution is -1.93. The molecule has 3 aromatic rings. The maximum Gasteiger partial charge on any atom is 0.0744 e. The zero-order valence-corrected chi connectivity index (χ0v) is 10.8. The molecule has 92 valence electrons. The molecular weight excluding hydrogens is 230 g/mol. The van der Waals surface area contributed by atoms with Gasteiger partial charge in [-0.1, -0.05) is 42.5 Å². The van der Waals surface area contributed by atoms with Crippen molar-refractivity contribution in [2.24, 2.45) is 0 Å². The minimum atomic E-state index is 1.10. The highest BCUT2D eigenvalue weighted by Gasteiger charge is 2.15. The Bertz CT molecular complexity index is 758. The molecule has 0 fully saturated rings. The van der Waals surface area contributed by atoms with E-state index in [1.807, 2.05) is 0 Å². The normalized spacial score (nSPS) is 13.7. The van der Waals surface area contributed by atoms with Crippen LogP contribution in [0.4, 0.5) is 0 Å². The van der Waals surface area contributed by atoms with Crippen LogP contribution in [0, 0.1) is 0 Å². The van der Waals surface area contributed by atoms with Gasteiger partial charge in [0.2, 0.25) is 0 Å². The van der Waals surface area contributed by atoms with Crippen molar-refractivity contribution in [1.29, 1.82) is 0 Å². The van der Waals surface area contributed by atoms with Crippen LogP contribution in [-0.2, 0) is 12.8 Å². The standard InChI is InChI=1S/C18H15N/c1-3-10-16-13(6-1)8-5-9-15-12-14-7-2-4-11-17(14)19-18(15)16/h1-4,6-7,10-12H,5,8-9H2. The minimum Gasteiger partial charge on any atom is -0.247 e. The molecule has 0 saturated carbocycles. The molecule has 0 amide bonds. The van der Waals surface area contributed by atoms with Gasteiger partial charge >= 0.3 is 0 Å². The molecule has 0 unspecified atom stereocenters. The highest BCUT2D eigenvalue weighted by Crippen LogP contribution is 2.32. The molecule has 1 heterocycles. The summed E-state index contributed by atoms with van der Waals surface area (Å²) in [6.07, 6.45) is 3.49. The molecule has 1 aromatic heterocycles. The molecule has 1 aliphatic carbocycles. The topological polar surface area (TPSA) is 12.9 Å². The molecule has 0 spiro atoms. The molecule has 0 atom stereocenters. The van der Waals surface area contributed by atoms with Gasteiger partial charge in [0.25, 0.3) is 0 Å². The number of para-hydroxylation sites is 1. The number of pyridine rings is 1. The summed E-state index contributed by atoms with van der Waals surface area (Å²) >= 11 is 0. The van der Waals surface area contributed by atoms with Gasteiger partial charge in [0.15, 0.2) is 0 Å². The van der Waals surface area contributed by atoms with Crippen LogP contribution < -0.4 is 0 Å². The van der Waals surface area contributed by atoms with Crippen LogP contribution in [0.15, 0.2) is 54.6 Å². The van der Waals surface area contributed by atoms with Crippen LogP contribution in [0.5, 0.6) is 0 Å². The van der Waals surface area contributed by atoms with Gasteiger partial charge in [0, 0.05) is 10.9 Å². The number of benzene rings is 2. The van der Waals surface area contributed by atoms with Gasteiger partial charge in [0.05, 0.1) is 11.2 Å². The zero-order valence-electron chi connectivity index (χ0n) is 10.8. The Balaban J connectivity index is 2.06. The van der Waals surface area contributed by atoms with E-state index < -0.39 is 0 Å². The molecule has 19 heavy (non-hydrogen) atoms. The fourth-order valence-electron chi connectivity index (χ4n) is 3.02. The maximum atomic E-state index is 4.92. The number of fused-ring (bicyclic) bond motifs is 4. The lowest BCUT2D eigenvalue weighted by molar-refractivity contribution is 0.834. The third-order valence-electron chi connectivity index (χ3n) is 3.97. The second-order valence-electron chi connectivity index (χ2n) is 5.20. The number of rotatable bonds is 0. The molecule has 0 aliphatic heterocycles. The first-order valence-electron chi connectivity index (χ1n) is 6.89. The Morgan fingerprint density at radius 2 is 1.58 bits per heavy atom. The molecule has 2 aromatic carbocycles. The maximum absolute atomic E-state index is 4.92. The van der Waals surface area contributed by atoms with Crippen molar-refractivity contribution in [2.45, 2.75) is 19.3 Å². The van der Waals surface area contributed by atoms with E-state index in [0.29, 0.717) is 0 Å². The van der Waals surface area contributed by atoms with E-state index in [-0.39, 0.29) is 0 Å². The van der Waals surface area contributed by atoms with Gasteiger partial charge in [0.1, 0.15) is 0 Å². The van der Waals surface area contributed by atoms with Gasteiger partial charge in [-0.3, -0.25) is 0 Å². The summed E-state index contributed by atoms with van der Waals surface area (Å²) < 4.78 is 0. The summed E-state index contributed by atoms with van der Waals surface area (Å²) in [5.74, 6) is 0. The number of nitrogens with zero attached hydrogens (tertiary/aromatic N) is 1. The lowest BCUT2D eigenvalue weighted by Gasteiger charge is -2.09. The summed E-state index contributed by atoms with van der Waals surface area (Å²) in [6, 6.07) is 19.4. The Hall–Kier alpha value is -2.15. The second-order valence-corrected chi connectivity index (χ2v) is 5.20. The third-order valence-corrected chi connectivity index (χ3v) is 3.97. The highest BCUT2D eigenvalue weighted by molar-refractivity contribution is 5.84. The highest BCUT2D eigenvalue weighted by atomic mass is 14.7. The lowest BCUT2D eigenvalue weighted by atomic mass is 10.0. The SMILES string of the molecule is c1ccc2c(c1)CCCc1cc3ccccc3nc1-2. The zero-order chi connectivity index (χ0) is 12.7. The van der Waals surface area contributed by atoms with E-state index in [4.69, 9.17) is 4.98 Å². The van der Waals surface area contributed by atoms with Crippen molar-refractivity contribution >= 4 is 10.9 Å². The Labute approximate surface area is 112 Å². The first-order valence-corrected chi connectivity index (χ1v) is 6.89. The smallest absolute Gasteiger partial charge is 0.0744 e. The summed E-state index contributed by atoms with van der Waals surface area (Å²) in [6.45, 7) is 0. The van der Waals surface area contributed by atoms with Crippen LogP contribution in [0.25, 0.3) is 22.2 Å². The van der Waals surface area contributed by atoms with Gasteiger partial charge in [-0.2, -0.15) is 0 Å². The molecule has 1 nitrogen and oxygen atoms in total. The van der Waals surface area contributed by atoms with Crippen LogP contribution in [0.2, 0.25) is 0 Å². The molecular formula is C18H15N. The minimum absolute atomic E-state index is 1.10. The fourth-order valence-corrected chi connectivity index (χ4v) is 3.02. The first-order chi connectivity index (χ1) is 9.42. The van der Waals surface area contributed by atoms with E-state index in [1.165, 1.54) is 34.2 Å². The molecule has 0 radical (unpaired) electrons. The van der Waals surface area contributed by atoms with Crippen LogP contribution >= 0.6 is 0 Å². The van der Waals surface area contributed by atoms with E-state index >= 15 is 0 Å². The van der Waals surface area contributed by atoms with E-state index in [2.05, 4.69) is 54.6 Å². The second kappa shape index (κ2) is 4.20. The van der Waals surface area contributed by atoms with Crippen molar-refractivity contribution in [3.05, 3.63) is 65.7 Å². The van der Waals surface area contributed by atoms with Crippen molar-refractivity contribution in [2.75, 3.05) is 0 Å². The average molecular weight is 245 g/mol. The van der Waals surface area contributed by atoms with Crippen LogP contribution in [0.1, 0.15) is 17.5 Å². The number of aryl methyl sites for hydroxylation is 2. The number of hydrogen-bond donors (Lipinski definition) is 0. The molecule has 1 aliphatic rings. The first kappa shape index (κ1) is 10.7.